The molecular weight excluding hydrogens is 148 g/mol. The Bertz CT molecular complexity index is 304. The molecule has 1 aliphatic rings. The molecule has 0 spiro atoms. The summed E-state index contributed by atoms with van der Waals surface area (Å²) in [5.41, 5.74) is 2.71. The number of hydrogen-bond acceptors (Lipinski definition) is 1. The van der Waals surface area contributed by atoms with Gasteiger partial charge in [0.15, 0.2) is 0 Å². The number of hydrogen-bond donors (Lipinski definition) is 0. The fourth-order valence-corrected chi connectivity index (χ4v) is 1.99. The van der Waals surface area contributed by atoms with Gasteiger partial charge < -0.3 is 4.79 Å². The van der Waals surface area contributed by atoms with E-state index in [0.717, 1.165) is 12.7 Å². The van der Waals surface area contributed by atoms with Crippen LogP contribution in [0.4, 0.5) is 0 Å². The van der Waals surface area contributed by atoms with E-state index in [4.69, 9.17) is 0 Å². The number of carbonyl (C=O) groups excluding carboxylic acids is 1. The van der Waals surface area contributed by atoms with E-state index in [1.165, 1.54) is 11.1 Å². The first kappa shape index (κ1) is 7.53. The molecule has 1 nitrogen and oxygen atoms in total. The Morgan fingerprint density at radius 3 is 2.83 bits per heavy atom. The molecule has 1 aromatic rings. The van der Waals surface area contributed by atoms with Gasteiger partial charge in [0.1, 0.15) is 6.29 Å². The third-order valence-electron chi connectivity index (χ3n) is 2.82. The van der Waals surface area contributed by atoms with E-state index in [-0.39, 0.29) is 5.92 Å². The highest BCUT2D eigenvalue weighted by atomic mass is 16.1. The van der Waals surface area contributed by atoms with Crippen molar-refractivity contribution >= 4 is 6.29 Å². The second kappa shape index (κ2) is 2.74. The minimum atomic E-state index is 0.211. The lowest BCUT2D eigenvalue weighted by Crippen LogP contribution is -2.04. The van der Waals surface area contributed by atoms with Gasteiger partial charge in [-0.1, -0.05) is 31.2 Å². The zero-order valence-corrected chi connectivity index (χ0v) is 7.16. The van der Waals surface area contributed by atoms with Crippen LogP contribution in [0.15, 0.2) is 24.3 Å². The highest BCUT2D eigenvalue weighted by Gasteiger charge is 2.27. The van der Waals surface area contributed by atoms with Crippen molar-refractivity contribution in [2.75, 3.05) is 0 Å². The topological polar surface area (TPSA) is 17.1 Å². The summed E-state index contributed by atoms with van der Waals surface area (Å²) in [5.74, 6) is 0.626. The van der Waals surface area contributed by atoms with Crippen LogP contribution in [0.5, 0.6) is 0 Å². The minimum absolute atomic E-state index is 0.211. The van der Waals surface area contributed by atoms with E-state index in [9.17, 15) is 4.79 Å². The van der Waals surface area contributed by atoms with Gasteiger partial charge in [0.05, 0.1) is 0 Å². The summed E-state index contributed by atoms with van der Waals surface area (Å²) in [6.45, 7) is 2.13. The van der Waals surface area contributed by atoms with Crippen LogP contribution in [-0.4, -0.2) is 6.29 Å². The molecule has 2 atom stereocenters. The van der Waals surface area contributed by atoms with Crippen LogP contribution in [0, 0.1) is 5.92 Å². The first-order valence-corrected chi connectivity index (χ1v) is 4.36. The van der Waals surface area contributed by atoms with Crippen LogP contribution in [0.3, 0.4) is 0 Å². The van der Waals surface area contributed by atoms with Crippen molar-refractivity contribution in [1.29, 1.82) is 0 Å². The summed E-state index contributed by atoms with van der Waals surface area (Å²) in [6, 6.07) is 8.33. The van der Waals surface area contributed by atoms with Gasteiger partial charge in [-0.25, -0.2) is 0 Å². The molecule has 0 aromatic heterocycles. The number of benzene rings is 1. The lowest BCUT2D eigenvalue weighted by molar-refractivity contribution is -0.111. The van der Waals surface area contributed by atoms with Crippen molar-refractivity contribution in [1.82, 2.24) is 0 Å². The summed E-state index contributed by atoms with van der Waals surface area (Å²) in [4.78, 5) is 10.7. The lowest BCUT2D eigenvalue weighted by atomic mass is 9.96. The molecule has 0 radical (unpaired) electrons. The average molecular weight is 160 g/mol. The SMILES string of the molecule is CC1c2ccccc2CC1C=O. The molecule has 0 saturated carbocycles. The fraction of sp³-hybridized carbons (Fsp3) is 0.364. The van der Waals surface area contributed by atoms with Gasteiger partial charge >= 0.3 is 0 Å². The number of carbonyl (C=O) groups is 1. The van der Waals surface area contributed by atoms with Crippen molar-refractivity contribution < 1.29 is 4.79 Å². The Morgan fingerprint density at radius 1 is 1.42 bits per heavy atom. The Kier molecular flexibility index (Phi) is 1.72. The van der Waals surface area contributed by atoms with Crippen molar-refractivity contribution in [2.24, 2.45) is 5.92 Å². The molecule has 2 unspecified atom stereocenters. The molecule has 0 saturated heterocycles. The predicted molar refractivity (Wildman–Crippen MR) is 48.1 cm³/mol. The molecule has 1 heteroatoms. The quantitative estimate of drug-likeness (QED) is 0.575. The molecule has 2 rings (SSSR count). The van der Waals surface area contributed by atoms with Crippen molar-refractivity contribution in [2.45, 2.75) is 19.3 Å². The highest BCUT2D eigenvalue weighted by molar-refractivity contribution is 5.60. The normalized spacial score (nSPS) is 26.8. The molecule has 0 heterocycles. The number of aldehydes is 1. The van der Waals surface area contributed by atoms with E-state index in [1.54, 1.807) is 0 Å². The maximum Gasteiger partial charge on any atom is 0.124 e. The molecule has 12 heavy (non-hydrogen) atoms. The number of fused-ring (bicyclic) bond motifs is 1. The summed E-state index contributed by atoms with van der Waals surface area (Å²) in [5, 5.41) is 0. The predicted octanol–water partition coefficient (Wildman–Crippen LogP) is 2.16. The van der Waals surface area contributed by atoms with E-state index in [1.807, 2.05) is 12.1 Å². The maximum absolute atomic E-state index is 10.7. The Morgan fingerprint density at radius 2 is 2.17 bits per heavy atom. The Balaban J connectivity index is 2.41. The average Bonchev–Trinajstić information content (AvgIpc) is 2.44. The first-order valence-electron chi connectivity index (χ1n) is 4.36. The molecule has 0 fully saturated rings. The van der Waals surface area contributed by atoms with Crippen LogP contribution < -0.4 is 0 Å². The Labute approximate surface area is 72.4 Å². The van der Waals surface area contributed by atoms with Crippen LogP contribution in [0.25, 0.3) is 0 Å². The molecule has 0 bridgehead atoms. The van der Waals surface area contributed by atoms with Gasteiger partial charge in [-0.3, -0.25) is 0 Å². The zero-order valence-electron chi connectivity index (χ0n) is 7.16. The molecule has 0 N–H and O–H groups in total. The van der Waals surface area contributed by atoms with Gasteiger partial charge in [-0.2, -0.15) is 0 Å². The van der Waals surface area contributed by atoms with Crippen LogP contribution in [0.2, 0.25) is 0 Å². The smallest absolute Gasteiger partial charge is 0.124 e. The summed E-state index contributed by atoms with van der Waals surface area (Å²) in [6.07, 6.45) is 2.02. The lowest BCUT2D eigenvalue weighted by Gasteiger charge is -2.07. The first-order chi connectivity index (χ1) is 5.83. The number of rotatable bonds is 1. The van der Waals surface area contributed by atoms with E-state index >= 15 is 0 Å². The second-order valence-electron chi connectivity index (χ2n) is 3.49. The third-order valence-corrected chi connectivity index (χ3v) is 2.82. The molecule has 0 amide bonds. The van der Waals surface area contributed by atoms with Gasteiger partial charge in [-0.15, -0.1) is 0 Å². The monoisotopic (exact) mass is 160 g/mol. The highest BCUT2D eigenvalue weighted by Crippen LogP contribution is 2.35. The van der Waals surface area contributed by atoms with Crippen LogP contribution in [0.1, 0.15) is 24.0 Å². The van der Waals surface area contributed by atoms with E-state index < -0.39 is 0 Å². The summed E-state index contributed by atoms with van der Waals surface area (Å²) < 4.78 is 0. The van der Waals surface area contributed by atoms with Gasteiger partial charge in [-0.05, 0) is 23.5 Å². The van der Waals surface area contributed by atoms with Gasteiger partial charge in [0.25, 0.3) is 0 Å². The zero-order chi connectivity index (χ0) is 8.55. The second-order valence-corrected chi connectivity index (χ2v) is 3.49. The third kappa shape index (κ3) is 0.970. The van der Waals surface area contributed by atoms with Crippen molar-refractivity contribution in [3.05, 3.63) is 35.4 Å². The van der Waals surface area contributed by atoms with Gasteiger partial charge in [0.2, 0.25) is 0 Å². The van der Waals surface area contributed by atoms with E-state index in [2.05, 4.69) is 19.1 Å². The molecule has 1 aliphatic carbocycles. The maximum atomic E-state index is 10.7. The van der Waals surface area contributed by atoms with Crippen molar-refractivity contribution in [3.8, 4) is 0 Å². The largest absolute Gasteiger partial charge is 0.303 e. The summed E-state index contributed by atoms with van der Waals surface area (Å²) >= 11 is 0. The minimum Gasteiger partial charge on any atom is -0.303 e. The molecule has 0 aliphatic heterocycles. The van der Waals surface area contributed by atoms with Crippen LogP contribution >= 0.6 is 0 Å². The van der Waals surface area contributed by atoms with E-state index in [0.29, 0.717) is 5.92 Å². The fourth-order valence-electron chi connectivity index (χ4n) is 1.99. The van der Waals surface area contributed by atoms with Gasteiger partial charge in [0, 0.05) is 5.92 Å². The molecule has 62 valence electrons. The van der Waals surface area contributed by atoms with Crippen LogP contribution in [-0.2, 0) is 11.2 Å². The molecule has 1 aromatic carbocycles. The van der Waals surface area contributed by atoms with Crippen molar-refractivity contribution in [3.63, 3.8) is 0 Å². The Hall–Kier alpha value is -1.11. The standard InChI is InChI=1S/C11H12O/c1-8-10(7-12)6-9-4-2-3-5-11(8)9/h2-5,7-8,10H,6H2,1H3. The summed E-state index contributed by atoms with van der Waals surface area (Å²) in [7, 11) is 0. The molecular formula is C11H12O.